The number of rotatable bonds is 16. The Morgan fingerprint density at radius 1 is 1.28 bits per heavy atom. The summed E-state index contributed by atoms with van der Waals surface area (Å²) in [5, 5.41) is 2.76. The third-order valence-electron chi connectivity index (χ3n) is 4.83. The molecule has 198 valence electrons. The maximum atomic E-state index is 13.6. The second kappa shape index (κ2) is 14.4. The Kier molecular flexibility index (Phi) is 11.6. The van der Waals surface area contributed by atoms with Crippen molar-refractivity contribution < 1.29 is 28.1 Å². The van der Waals surface area contributed by atoms with Gasteiger partial charge >= 0.3 is 5.97 Å². The third-order valence-corrected chi connectivity index (χ3v) is 6.68. The molecule has 1 aromatic carbocycles. The molecule has 0 fully saturated rings. The average molecular weight is 523 g/mol. The maximum absolute atomic E-state index is 13.6. The van der Waals surface area contributed by atoms with Crippen molar-refractivity contribution in [2.45, 2.75) is 26.5 Å². The molecule has 5 N–H and O–H groups in total. The normalized spacial score (nSPS) is 13.4. The van der Waals surface area contributed by atoms with Crippen LogP contribution in [0.25, 0.3) is 0 Å². The molecule has 13 heteroatoms. The third kappa shape index (κ3) is 8.80. The Bertz CT molecular complexity index is 1040. The minimum absolute atomic E-state index is 0.00185. The van der Waals surface area contributed by atoms with Gasteiger partial charge in [0, 0.05) is 13.1 Å². The highest BCUT2D eigenvalue weighted by atomic mass is 31.2. The van der Waals surface area contributed by atoms with Crippen molar-refractivity contribution in [2.24, 2.45) is 0 Å². The first kappa shape index (κ1) is 29.1. The first-order valence-corrected chi connectivity index (χ1v) is 13.2. The van der Waals surface area contributed by atoms with Crippen LogP contribution in [0.1, 0.15) is 19.4 Å². The minimum Gasteiger partial charge on any atom is -0.479 e. The molecule has 0 spiro atoms. The van der Waals surface area contributed by atoms with Gasteiger partial charge in [-0.05, 0) is 19.4 Å². The summed E-state index contributed by atoms with van der Waals surface area (Å²) in [6.07, 6.45) is 1.39. The summed E-state index contributed by atoms with van der Waals surface area (Å²) in [6.45, 7) is 8.11. The summed E-state index contributed by atoms with van der Waals surface area (Å²) >= 11 is 0. The quantitative estimate of drug-likeness (QED) is 0.128. The lowest BCUT2D eigenvalue weighted by atomic mass is 10.2. The zero-order valence-corrected chi connectivity index (χ0v) is 21.8. The fourth-order valence-electron chi connectivity index (χ4n) is 3.13. The van der Waals surface area contributed by atoms with Crippen LogP contribution in [0.4, 0.5) is 17.5 Å². The highest BCUT2D eigenvalue weighted by Crippen LogP contribution is 2.44. The number of methoxy groups -OCH3 is 1. The Labute approximate surface area is 211 Å². The van der Waals surface area contributed by atoms with E-state index in [0.29, 0.717) is 18.9 Å². The lowest BCUT2D eigenvalue weighted by Gasteiger charge is -2.26. The highest BCUT2D eigenvalue weighted by Gasteiger charge is 2.30. The van der Waals surface area contributed by atoms with Crippen LogP contribution in [0.2, 0.25) is 0 Å². The number of ether oxygens (including phenoxy) is 3. The molecule has 0 saturated carbocycles. The van der Waals surface area contributed by atoms with E-state index in [9.17, 15) is 9.36 Å². The molecule has 0 amide bonds. The summed E-state index contributed by atoms with van der Waals surface area (Å²) in [4.78, 5) is 22.0. The highest BCUT2D eigenvalue weighted by molar-refractivity contribution is 7.56. The molecule has 1 unspecified atom stereocenters. The topological polar surface area (TPSA) is 164 Å². The fourth-order valence-corrected chi connectivity index (χ4v) is 4.78. The van der Waals surface area contributed by atoms with Gasteiger partial charge < -0.3 is 35.1 Å². The van der Waals surface area contributed by atoms with Crippen LogP contribution in [0.5, 0.6) is 5.88 Å². The van der Waals surface area contributed by atoms with E-state index in [4.69, 9.17) is 30.2 Å². The molecule has 0 aliphatic rings. The van der Waals surface area contributed by atoms with Crippen molar-refractivity contribution in [3.05, 3.63) is 48.6 Å². The lowest BCUT2D eigenvalue weighted by molar-refractivity contribution is -0.144. The molecule has 1 heterocycles. The molecular formula is C23H35N6O6P. The van der Waals surface area contributed by atoms with E-state index in [0.717, 1.165) is 5.56 Å². The number of hydrogen-bond donors (Lipinski definition) is 3. The van der Waals surface area contributed by atoms with Crippen molar-refractivity contribution in [1.29, 1.82) is 0 Å². The lowest BCUT2D eigenvalue weighted by Crippen LogP contribution is -2.35. The largest absolute Gasteiger partial charge is 0.479 e. The van der Waals surface area contributed by atoms with E-state index in [1.165, 1.54) is 7.11 Å². The van der Waals surface area contributed by atoms with Crippen LogP contribution >= 0.6 is 7.52 Å². The smallest absolute Gasteiger partial charge is 0.323 e. The molecule has 2 atom stereocenters. The number of carbonyl (C=O) groups excluding carboxylic acids is 1. The van der Waals surface area contributed by atoms with Crippen LogP contribution in [-0.4, -0.2) is 61.7 Å². The Morgan fingerprint density at radius 2 is 2.00 bits per heavy atom. The van der Waals surface area contributed by atoms with E-state index in [1.807, 2.05) is 30.3 Å². The van der Waals surface area contributed by atoms with Gasteiger partial charge in [-0.25, -0.2) is 5.09 Å². The second-order valence-corrected chi connectivity index (χ2v) is 9.76. The van der Waals surface area contributed by atoms with Crippen LogP contribution in [0, 0.1) is 0 Å². The van der Waals surface area contributed by atoms with Crippen molar-refractivity contribution in [3.8, 4) is 5.88 Å². The SMILES string of the molecule is C=CCN(CCOCP(=O)(N[C@@H](C)C(=O)OCC)OCc1ccccc1)c1nc(N)nc(OC)c1N. The summed E-state index contributed by atoms with van der Waals surface area (Å²) in [5.41, 5.74) is 13.0. The monoisotopic (exact) mass is 522 g/mol. The molecule has 0 aliphatic carbocycles. The molecule has 36 heavy (non-hydrogen) atoms. The summed E-state index contributed by atoms with van der Waals surface area (Å²) in [7, 11) is -2.17. The zero-order chi connectivity index (χ0) is 26.6. The standard InChI is InChI=1S/C23H35N6O6P/c1-5-12-29(20-19(24)21(32-4)27-23(25)26-20)13-14-33-16-36(31,28-17(3)22(30)34-6-2)35-15-18-10-8-7-9-11-18/h5,7-11,17H,1,6,12-16,24H2,2-4H3,(H,28,31)(H2,25,26,27)/t17-,36?/m0/s1. The first-order chi connectivity index (χ1) is 17.2. The van der Waals surface area contributed by atoms with E-state index in [1.54, 1.807) is 24.8 Å². The second-order valence-electron chi connectivity index (χ2n) is 7.64. The maximum Gasteiger partial charge on any atom is 0.323 e. The number of aromatic nitrogens is 2. The Balaban J connectivity index is 2.08. The van der Waals surface area contributed by atoms with Gasteiger partial charge in [0.25, 0.3) is 7.52 Å². The Morgan fingerprint density at radius 3 is 2.64 bits per heavy atom. The van der Waals surface area contributed by atoms with Crippen LogP contribution in [-0.2, 0) is 30.0 Å². The molecule has 1 aromatic heterocycles. The van der Waals surface area contributed by atoms with Gasteiger partial charge in [0.1, 0.15) is 18.1 Å². The molecule has 0 bridgehead atoms. The van der Waals surface area contributed by atoms with E-state index < -0.39 is 19.5 Å². The number of esters is 1. The molecule has 0 saturated heterocycles. The van der Waals surface area contributed by atoms with Gasteiger partial charge in [-0.15, -0.1) is 6.58 Å². The first-order valence-electron chi connectivity index (χ1n) is 11.4. The number of benzene rings is 1. The van der Waals surface area contributed by atoms with E-state index >= 15 is 0 Å². The van der Waals surface area contributed by atoms with Gasteiger partial charge in [0.2, 0.25) is 11.8 Å². The van der Waals surface area contributed by atoms with Gasteiger partial charge in [-0.1, -0.05) is 36.4 Å². The summed E-state index contributed by atoms with van der Waals surface area (Å²) < 4.78 is 35.2. The van der Waals surface area contributed by atoms with Gasteiger partial charge in [-0.2, -0.15) is 9.97 Å². The number of nitrogen functional groups attached to an aromatic ring is 2. The predicted molar refractivity (Wildman–Crippen MR) is 139 cm³/mol. The zero-order valence-electron chi connectivity index (χ0n) is 20.9. The van der Waals surface area contributed by atoms with Crippen molar-refractivity contribution in [3.63, 3.8) is 0 Å². The van der Waals surface area contributed by atoms with Crippen molar-refractivity contribution in [1.82, 2.24) is 15.1 Å². The van der Waals surface area contributed by atoms with Crippen LogP contribution in [0.3, 0.4) is 0 Å². The number of carbonyl (C=O) groups is 1. The Hall–Kier alpha value is -3.18. The molecule has 0 aliphatic heterocycles. The summed E-state index contributed by atoms with van der Waals surface area (Å²) in [5.74, 6) is -0.0187. The van der Waals surface area contributed by atoms with Gasteiger partial charge in [-0.3, -0.25) is 9.36 Å². The number of anilines is 3. The van der Waals surface area contributed by atoms with Crippen molar-refractivity contribution in [2.75, 3.05) is 56.1 Å². The molecule has 12 nitrogen and oxygen atoms in total. The molecule has 0 radical (unpaired) electrons. The van der Waals surface area contributed by atoms with E-state index in [2.05, 4.69) is 21.6 Å². The molecule has 2 rings (SSSR count). The van der Waals surface area contributed by atoms with Crippen molar-refractivity contribution >= 4 is 30.9 Å². The predicted octanol–water partition coefficient (Wildman–Crippen LogP) is 2.57. The fraction of sp³-hybridized carbons (Fsp3) is 0.435. The molecular weight excluding hydrogens is 487 g/mol. The van der Waals surface area contributed by atoms with Gasteiger partial charge in [0.15, 0.2) is 5.82 Å². The number of nitrogens with one attached hydrogen (secondary N) is 1. The molecule has 2 aromatic rings. The minimum atomic E-state index is -3.60. The van der Waals surface area contributed by atoms with Gasteiger partial charge in [0.05, 0.1) is 26.9 Å². The summed E-state index contributed by atoms with van der Waals surface area (Å²) in [6, 6.07) is 8.41. The number of nitrogens with zero attached hydrogens (tertiary/aromatic N) is 3. The van der Waals surface area contributed by atoms with Crippen LogP contribution in [0.15, 0.2) is 43.0 Å². The van der Waals surface area contributed by atoms with Crippen LogP contribution < -0.4 is 26.2 Å². The number of nitrogens with two attached hydrogens (primary N) is 2. The van der Waals surface area contributed by atoms with E-state index in [-0.39, 0.29) is 43.7 Å². The number of hydrogen-bond acceptors (Lipinski definition) is 11. The average Bonchev–Trinajstić information content (AvgIpc) is 2.86.